The van der Waals surface area contributed by atoms with Crippen LogP contribution in [0.2, 0.25) is 0 Å². The van der Waals surface area contributed by atoms with Crippen molar-refractivity contribution in [3.8, 4) is 0 Å². The highest BCUT2D eigenvalue weighted by Gasteiger charge is 2.34. The largest absolute Gasteiger partial charge is 0.312 e. The molecule has 0 aliphatic carbocycles. The Hall–Kier alpha value is -1.74. The molecule has 0 saturated carbocycles. The van der Waals surface area contributed by atoms with Crippen LogP contribution in [0.1, 0.15) is 22.7 Å². The number of anilines is 1. The number of amidine groups is 1. The molecule has 2 heterocycles. The number of fused-ring (bicyclic) bond motifs is 5. The van der Waals surface area contributed by atoms with Gasteiger partial charge >= 0.3 is 0 Å². The number of aliphatic imine (C=N–C) groups is 1. The van der Waals surface area contributed by atoms with Crippen LogP contribution in [0, 0.1) is 0 Å². The molecular formula is C17H16N2S. The first-order valence-corrected chi connectivity index (χ1v) is 8.14. The van der Waals surface area contributed by atoms with E-state index in [9.17, 15) is 0 Å². The molecule has 1 atom stereocenters. The van der Waals surface area contributed by atoms with Gasteiger partial charge < -0.3 is 4.90 Å². The average Bonchev–Trinajstić information content (AvgIpc) is 2.86. The minimum Gasteiger partial charge on any atom is -0.312 e. The lowest BCUT2D eigenvalue weighted by molar-refractivity contribution is 0.770. The first-order valence-electron chi connectivity index (χ1n) is 6.92. The maximum absolute atomic E-state index is 4.74. The molecule has 4 rings (SSSR count). The molecule has 0 N–H and O–H groups in total. The van der Waals surface area contributed by atoms with E-state index in [2.05, 4.69) is 59.7 Å². The standard InChI is InChI=1S/C17H16N2S/c1-20-17-18-11-16-14-8-4-2-6-12(14)10-13-7-3-5-9-15(13)19(16)17/h2-9,16H,10-11H2,1H3. The predicted octanol–water partition coefficient (Wildman–Crippen LogP) is 3.87. The molecule has 100 valence electrons. The van der Waals surface area contributed by atoms with Gasteiger partial charge in [0.25, 0.3) is 0 Å². The Morgan fingerprint density at radius 3 is 2.65 bits per heavy atom. The Bertz CT molecular complexity index is 693. The molecule has 2 aliphatic heterocycles. The topological polar surface area (TPSA) is 15.6 Å². The van der Waals surface area contributed by atoms with Gasteiger partial charge in [-0.15, -0.1) is 0 Å². The fourth-order valence-corrected chi connectivity index (χ4v) is 3.87. The second-order valence-corrected chi connectivity index (χ2v) is 5.99. The lowest BCUT2D eigenvalue weighted by atomic mass is 9.97. The van der Waals surface area contributed by atoms with Crippen molar-refractivity contribution in [1.29, 1.82) is 0 Å². The predicted molar refractivity (Wildman–Crippen MR) is 86.7 cm³/mol. The van der Waals surface area contributed by atoms with Gasteiger partial charge in [-0.05, 0) is 35.4 Å². The van der Waals surface area contributed by atoms with Gasteiger partial charge in [0, 0.05) is 5.69 Å². The zero-order valence-electron chi connectivity index (χ0n) is 11.4. The lowest BCUT2D eigenvalue weighted by Gasteiger charge is -2.27. The zero-order valence-corrected chi connectivity index (χ0v) is 12.2. The van der Waals surface area contributed by atoms with E-state index in [1.165, 1.54) is 22.4 Å². The summed E-state index contributed by atoms with van der Waals surface area (Å²) in [4.78, 5) is 7.17. The van der Waals surface area contributed by atoms with Gasteiger partial charge in [0.2, 0.25) is 0 Å². The molecule has 2 nitrogen and oxygen atoms in total. The van der Waals surface area contributed by atoms with Crippen molar-refractivity contribution in [1.82, 2.24) is 0 Å². The van der Waals surface area contributed by atoms with E-state index >= 15 is 0 Å². The van der Waals surface area contributed by atoms with E-state index in [4.69, 9.17) is 4.99 Å². The monoisotopic (exact) mass is 280 g/mol. The summed E-state index contributed by atoms with van der Waals surface area (Å²) in [5.74, 6) is 0. The highest BCUT2D eigenvalue weighted by Crippen LogP contribution is 2.41. The van der Waals surface area contributed by atoms with Crippen molar-refractivity contribution < 1.29 is 0 Å². The number of benzene rings is 2. The van der Waals surface area contributed by atoms with Gasteiger partial charge in [0.05, 0.1) is 12.6 Å². The maximum Gasteiger partial charge on any atom is 0.164 e. The van der Waals surface area contributed by atoms with Crippen LogP contribution in [0.3, 0.4) is 0 Å². The van der Waals surface area contributed by atoms with Crippen LogP contribution in [0.4, 0.5) is 5.69 Å². The van der Waals surface area contributed by atoms with Crippen LogP contribution in [-0.2, 0) is 6.42 Å². The second kappa shape index (κ2) is 4.67. The quantitative estimate of drug-likeness (QED) is 0.728. The number of hydrogen-bond donors (Lipinski definition) is 0. The van der Waals surface area contributed by atoms with E-state index in [1.54, 1.807) is 11.8 Å². The summed E-state index contributed by atoms with van der Waals surface area (Å²) in [6, 6.07) is 17.9. The Morgan fingerprint density at radius 2 is 1.80 bits per heavy atom. The summed E-state index contributed by atoms with van der Waals surface area (Å²) in [6.45, 7) is 0.863. The molecule has 2 aromatic rings. The third kappa shape index (κ3) is 1.70. The van der Waals surface area contributed by atoms with Crippen molar-refractivity contribution in [3.05, 3.63) is 65.2 Å². The summed E-state index contributed by atoms with van der Waals surface area (Å²) in [7, 11) is 0. The molecule has 3 heteroatoms. The molecule has 0 bridgehead atoms. The molecule has 0 amide bonds. The average molecular weight is 280 g/mol. The summed E-state index contributed by atoms with van der Waals surface area (Å²) < 4.78 is 0. The number of thioether (sulfide) groups is 1. The third-order valence-corrected chi connectivity index (χ3v) is 4.84. The van der Waals surface area contributed by atoms with E-state index in [0.29, 0.717) is 6.04 Å². The van der Waals surface area contributed by atoms with Crippen LogP contribution >= 0.6 is 11.8 Å². The summed E-state index contributed by atoms with van der Waals surface area (Å²) in [5.41, 5.74) is 5.58. The van der Waals surface area contributed by atoms with Crippen LogP contribution < -0.4 is 4.90 Å². The Labute approximate surface area is 123 Å². The number of nitrogens with zero attached hydrogens (tertiary/aromatic N) is 2. The summed E-state index contributed by atoms with van der Waals surface area (Å²) in [5, 5.41) is 1.14. The molecule has 0 spiro atoms. The fourth-order valence-electron chi connectivity index (χ4n) is 3.25. The summed E-state index contributed by atoms with van der Waals surface area (Å²) in [6.07, 6.45) is 3.13. The second-order valence-electron chi connectivity index (χ2n) is 5.22. The Kier molecular flexibility index (Phi) is 2.81. The molecule has 1 unspecified atom stereocenters. The molecule has 2 aromatic carbocycles. The smallest absolute Gasteiger partial charge is 0.164 e. The van der Waals surface area contributed by atoms with Crippen molar-refractivity contribution >= 4 is 22.6 Å². The first-order chi connectivity index (χ1) is 9.88. The number of hydrogen-bond acceptors (Lipinski definition) is 3. The lowest BCUT2D eigenvalue weighted by Crippen LogP contribution is -2.28. The molecule has 0 radical (unpaired) electrons. The third-order valence-electron chi connectivity index (χ3n) is 4.15. The first kappa shape index (κ1) is 12.0. The van der Waals surface area contributed by atoms with Gasteiger partial charge in [-0.3, -0.25) is 4.99 Å². The van der Waals surface area contributed by atoms with E-state index in [-0.39, 0.29) is 0 Å². The molecule has 20 heavy (non-hydrogen) atoms. The van der Waals surface area contributed by atoms with E-state index in [0.717, 1.165) is 18.1 Å². The normalized spacial score (nSPS) is 19.8. The van der Waals surface area contributed by atoms with Crippen LogP contribution in [0.5, 0.6) is 0 Å². The van der Waals surface area contributed by atoms with Crippen molar-refractivity contribution in [3.63, 3.8) is 0 Å². The van der Waals surface area contributed by atoms with Gasteiger partial charge in [0.15, 0.2) is 5.17 Å². The van der Waals surface area contributed by atoms with Gasteiger partial charge in [-0.25, -0.2) is 0 Å². The number of para-hydroxylation sites is 1. The van der Waals surface area contributed by atoms with Gasteiger partial charge in [-0.1, -0.05) is 54.2 Å². The van der Waals surface area contributed by atoms with Crippen molar-refractivity contribution in [2.45, 2.75) is 12.5 Å². The SMILES string of the molecule is CSC1=NCC2c3ccccc3Cc3ccccc3N12. The highest BCUT2D eigenvalue weighted by atomic mass is 32.2. The van der Waals surface area contributed by atoms with Crippen molar-refractivity contribution in [2.75, 3.05) is 17.7 Å². The minimum atomic E-state index is 0.359. The van der Waals surface area contributed by atoms with Crippen LogP contribution in [0.15, 0.2) is 53.5 Å². The maximum atomic E-state index is 4.74. The minimum absolute atomic E-state index is 0.359. The Balaban J connectivity index is 1.95. The molecular weight excluding hydrogens is 264 g/mol. The van der Waals surface area contributed by atoms with Gasteiger partial charge in [-0.2, -0.15) is 0 Å². The summed E-state index contributed by atoms with van der Waals surface area (Å²) >= 11 is 1.74. The van der Waals surface area contributed by atoms with Crippen LogP contribution in [-0.4, -0.2) is 18.0 Å². The van der Waals surface area contributed by atoms with E-state index in [1.807, 2.05) is 0 Å². The van der Waals surface area contributed by atoms with Gasteiger partial charge in [0.1, 0.15) is 0 Å². The molecule has 2 aliphatic rings. The number of rotatable bonds is 0. The zero-order chi connectivity index (χ0) is 13.5. The molecule has 0 fully saturated rings. The van der Waals surface area contributed by atoms with Crippen LogP contribution in [0.25, 0.3) is 0 Å². The highest BCUT2D eigenvalue weighted by molar-refractivity contribution is 8.13. The molecule has 0 saturated heterocycles. The molecule has 0 aromatic heterocycles. The van der Waals surface area contributed by atoms with Crippen molar-refractivity contribution in [2.24, 2.45) is 4.99 Å². The van der Waals surface area contributed by atoms with E-state index < -0.39 is 0 Å². The Morgan fingerprint density at radius 1 is 1.05 bits per heavy atom. The fraction of sp³-hybridized carbons (Fsp3) is 0.235.